The van der Waals surface area contributed by atoms with E-state index in [0.717, 1.165) is 11.4 Å². The zero-order chi connectivity index (χ0) is 16.1. The molecule has 1 atom stereocenters. The van der Waals surface area contributed by atoms with Gasteiger partial charge in [-0.25, -0.2) is 9.37 Å². The molecule has 2 N–H and O–H groups in total. The van der Waals surface area contributed by atoms with Crippen LogP contribution in [0.2, 0.25) is 0 Å². The molecule has 5 nitrogen and oxygen atoms in total. The van der Waals surface area contributed by atoms with Crippen LogP contribution in [0, 0.1) is 5.82 Å². The number of aromatic nitrogens is 1. The molecule has 22 heavy (non-hydrogen) atoms. The molecule has 1 aromatic carbocycles. The van der Waals surface area contributed by atoms with Crippen LogP contribution in [0.5, 0.6) is 0 Å². The lowest BCUT2D eigenvalue weighted by Crippen LogP contribution is -2.29. The lowest BCUT2D eigenvalue weighted by atomic mass is 10.0. The lowest BCUT2D eigenvalue weighted by Gasteiger charge is -2.16. The number of aryl methyl sites for hydroxylation is 1. The zero-order valence-corrected chi connectivity index (χ0v) is 12.7. The minimum atomic E-state index is -1.05. The van der Waals surface area contributed by atoms with Gasteiger partial charge in [-0.1, -0.05) is 19.1 Å². The average Bonchev–Trinajstić information content (AvgIpc) is 2.96. The highest BCUT2D eigenvalue weighted by Gasteiger charge is 2.20. The van der Waals surface area contributed by atoms with Gasteiger partial charge in [-0.3, -0.25) is 9.59 Å². The molecule has 1 amide bonds. The summed E-state index contributed by atoms with van der Waals surface area (Å²) in [5, 5.41) is 12.5. The third-order valence-corrected chi connectivity index (χ3v) is 4.18. The number of nitrogens with one attached hydrogen (secondary N) is 1. The largest absolute Gasteiger partial charge is 0.481 e. The summed E-state index contributed by atoms with van der Waals surface area (Å²) in [6.07, 6.45) is 1.92. The molecule has 7 heteroatoms. The van der Waals surface area contributed by atoms with Crippen LogP contribution in [-0.4, -0.2) is 22.0 Å². The minimum absolute atomic E-state index is 0.281. The predicted molar refractivity (Wildman–Crippen MR) is 80.4 cm³/mol. The molecule has 1 unspecified atom stereocenters. The molecule has 0 bridgehead atoms. The molecule has 0 saturated heterocycles. The smallest absolute Gasteiger partial charge is 0.305 e. The second kappa shape index (κ2) is 7.13. The second-order valence-corrected chi connectivity index (χ2v) is 5.76. The Labute approximate surface area is 130 Å². The van der Waals surface area contributed by atoms with Crippen molar-refractivity contribution >= 4 is 23.2 Å². The number of nitrogens with zero attached hydrogens (tertiary/aromatic N) is 1. The number of benzene rings is 1. The Hall–Kier alpha value is -2.28. The van der Waals surface area contributed by atoms with E-state index in [4.69, 9.17) is 5.11 Å². The molecule has 0 aliphatic carbocycles. The molecular formula is C15H15FN2O3S. The summed E-state index contributed by atoms with van der Waals surface area (Å²) < 4.78 is 13.0. The van der Waals surface area contributed by atoms with Crippen LogP contribution in [0.4, 0.5) is 4.39 Å². The summed E-state index contributed by atoms with van der Waals surface area (Å²) in [5.41, 5.74) is 0.539. The Kier molecular flexibility index (Phi) is 5.21. The number of aliphatic carboxylic acids is 1. The standard InChI is InChI=1S/C15H15FN2O3S/c1-2-13-17-8-12(22-13)15(21)18-11(7-14(19)20)9-3-5-10(16)6-4-9/h3-6,8,11H,2,7H2,1H3,(H,18,21)(H,19,20). The van der Waals surface area contributed by atoms with Gasteiger partial charge < -0.3 is 10.4 Å². The highest BCUT2D eigenvalue weighted by molar-refractivity contribution is 7.13. The highest BCUT2D eigenvalue weighted by Crippen LogP contribution is 2.20. The summed E-state index contributed by atoms with van der Waals surface area (Å²) in [7, 11) is 0. The van der Waals surface area contributed by atoms with Crippen LogP contribution in [0.1, 0.15) is 39.6 Å². The first kappa shape index (κ1) is 16.1. The van der Waals surface area contributed by atoms with E-state index in [1.165, 1.54) is 41.8 Å². The van der Waals surface area contributed by atoms with Crippen LogP contribution in [-0.2, 0) is 11.2 Å². The lowest BCUT2D eigenvalue weighted by molar-refractivity contribution is -0.137. The van der Waals surface area contributed by atoms with E-state index in [0.29, 0.717) is 10.4 Å². The Balaban J connectivity index is 2.17. The van der Waals surface area contributed by atoms with Crippen LogP contribution in [0.3, 0.4) is 0 Å². The average molecular weight is 322 g/mol. The van der Waals surface area contributed by atoms with Gasteiger partial charge in [0.15, 0.2) is 0 Å². The van der Waals surface area contributed by atoms with Crippen LogP contribution in [0.15, 0.2) is 30.5 Å². The maximum Gasteiger partial charge on any atom is 0.305 e. The molecule has 0 spiro atoms. The number of hydrogen-bond acceptors (Lipinski definition) is 4. The normalized spacial score (nSPS) is 11.9. The predicted octanol–water partition coefficient (Wildman–Crippen LogP) is 2.79. The van der Waals surface area contributed by atoms with E-state index >= 15 is 0 Å². The first-order valence-electron chi connectivity index (χ1n) is 6.72. The van der Waals surface area contributed by atoms with Crippen molar-refractivity contribution in [3.63, 3.8) is 0 Å². The fraction of sp³-hybridized carbons (Fsp3) is 0.267. The summed E-state index contributed by atoms with van der Waals surface area (Å²) in [6.45, 7) is 1.94. The summed E-state index contributed by atoms with van der Waals surface area (Å²) in [5.74, 6) is -1.85. The van der Waals surface area contributed by atoms with Gasteiger partial charge in [0.05, 0.1) is 23.7 Å². The van der Waals surface area contributed by atoms with E-state index in [1.807, 2.05) is 6.92 Å². The number of hydrogen-bond donors (Lipinski definition) is 2. The van der Waals surface area contributed by atoms with E-state index < -0.39 is 17.8 Å². The molecule has 116 valence electrons. The summed E-state index contributed by atoms with van der Waals surface area (Å²) in [6, 6.07) is 4.68. The number of carboxylic acids is 1. The summed E-state index contributed by atoms with van der Waals surface area (Å²) in [4.78, 5) is 27.7. The Bertz CT molecular complexity index is 670. The summed E-state index contributed by atoms with van der Waals surface area (Å²) >= 11 is 1.27. The van der Waals surface area contributed by atoms with Crippen molar-refractivity contribution in [1.82, 2.24) is 10.3 Å². The van der Waals surface area contributed by atoms with Crippen molar-refractivity contribution in [1.29, 1.82) is 0 Å². The third-order valence-electron chi connectivity index (χ3n) is 3.04. The molecule has 1 aromatic heterocycles. The first-order valence-corrected chi connectivity index (χ1v) is 7.54. The van der Waals surface area contributed by atoms with Gasteiger partial charge in [0.1, 0.15) is 10.7 Å². The van der Waals surface area contributed by atoms with Gasteiger partial charge in [-0.2, -0.15) is 0 Å². The second-order valence-electron chi connectivity index (χ2n) is 4.65. The fourth-order valence-corrected chi connectivity index (χ4v) is 2.69. The van der Waals surface area contributed by atoms with Crippen molar-refractivity contribution in [3.05, 3.63) is 51.7 Å². The number of amides is 1. The van der Waals surface area contributed by atoms with Gasteiger partial charge in [0, 0.05) is 0 Å². The first-order chi connectivity index (χ1) is 10.5. The van der Waals surface area contributed by atoms with Crippen molar-refractivity contribution in [3.8, 4) is 0 Å². The Morgan fingerprint density at radius 1 is 1.36 bits per heavy atom. The van der Waals surface area contributed by atoms with Crippen LogP contribution < -0.4 is 5.32 Å². The third kappa shape index (κ3) is 4.11. The molecule has 0 aliphatic rings. The quantitative estimate of drug-likeness (QED) is 0.857. The van der Waals surface area contributed by atoms with Gasteiger partial charge in [0.2, 0.25) is 0 Å². The number of rotatable bonds is 6. The number of carboxylic acid groups (broad SMARTS) is 1. The number of halogens is 1. The SMILES string of the molecule is CCc1ncc(C(=O)NC(CC(=O)O)c2ccc(F)cc2)s1. The fourth-order valence-electron chi connectivity index (χ4n) is 1.93. The molecule has 2 rings (SSSR count). The van der Waals surface area contributed by atoms with Crippen molar-refractivity contribution in [2.45, 2.75) is 25.8 Å². The molecule has 1 heterocycles. The van der Waals surface area contributed by atoms with Crippen LogP contribution in [0.25, 0.3) is 0 Å². The Morgan fingerprint density at radius 3 is 2.59 bits per heavy atom. The van der Waals surface area contributed by atoms with Gasteiger partial charge in [-0.15, -0.1) is 11.3 Å². The van der Waals surface area contributed by atoms with Gasteiger partial charge >= 0.3 is 5.97 Å². The van der Waals surface area contributed by atoms with Crippen molar-refractivity contribution in [2.24, 2.45) is 0 Å². The monoisotopic (exact) mass is 322 g/mol. The highest BCUT2D eigenvalue weighted by atomic mass is 32.1. The van der Waals surface area contributed by atoms with Crippen LogP contribution >= 0.6 is 11.3 Å². The van der Waals surface area contributed by atoms with E-state index in [2.05, 4.69) is 10.3 Å². The zero-order valence-electron chi connectivity index (χ0n) is 11.9. The van der Waals surface area contributed by atoms with E-state index in [-0.39, 0.29) is 12.3 Å². The van der Waals surface area contributed by atoms with Gasteiger partial charge in [0.25, 0.3) is 5.91 Å². The van der Waals surface area contributed by atoms with Crippen molar-refractivity contribution in [2.75, 3.05) is 0 Å². The molecule has 0 radical (unpaired) electrons. The number of thiazole rings is 1. The molecule has 2 aromatic rings. The molecule has 0 aliphatic heterocycles. The number of carbonyl (C=O) groups excluding carboxylic acids is 1. The molecular weight excluding hydrogens is 307 g/mol. The molecule has 0 saturated carbocycles. The molecule has 0 fully saturated rings. The van der Waals surface area contributed by atoms with Gasteiger partial charge in [-0.05, 0) is 24.1 Å². The van der Waals surface area contributed by atoms with E-state index in [1.54, 1.807) is 0 Å². The van der Waals surface area contributed by atoms with E-state index in [9.17, 15) is 14.0 Å². The van der Waals surface area contributed by atoms with Crippen molar-refractivity contribution < 1.29 is 19.1 Å². The minimum Gasteiger partial charge on any atom is -0.481 e. The Morgan fingerprint density at radius 2 is 2.05 bits per heavy atom. The topological polar surface area (TPSA) is 79.3 Å². The maximum atomic E-state index is 13.0. The maximum absolute atomic E-state index is 13.0. The number of carbonyl (C=O) groups is 2.